The minimum absolute atomic E-state index is 0.0111. The van der Waals surface area contributed by atoms with Crippen molar-refractivity contribution in [1.29, 1.82) is 5.26 Å². The van der Waals surface area contributed by atoms with Crippen molar-refractivity contribution in [3.63, 3.8) is 0 Å². The Bertz CT molecular complexity index is 794. The molecule has 1 N–H and O–H groups in total. The molecule has 0 spiro atoms. The molecule has 0 saturated heterocycles. The average molecular weight is 360 g/mol. The second kappa shape index (κ2) is 8.92. The van der Waals surface area contributed by atoms with Gasteiger partial charge < -0.3 is 14.8 Å². The van der Waals surface area contributed by atoms with Gasteiger partial charge in [0.25, 0.3) is 5.91 Å². The Morgan fingerprint density at radius 2 is 1.85 bits per heavy atom. The summed E-state index contributed by atoms with van der Waals surface area (Å²) in [5, 5.41) is 11.4. The third kappa shape index (κ3) is 4.55. The van der Waals surface area contributed by atoms with Gasteiger partial charge in [-0.15, -0.1) is 0 Å². The Morgan fingerprint density at radius 1 is 1.23 bits per heavy atom. The van der Waals surface area contributed by atoms with Crippen LogP contribution in [0.15, 0.2) is 36.4 Å². The molecule has 0 aromatic heterocycles. The first-order chi connectivity index (χ1) is 12.5. The number of carbonyl (C=O) groups excluding carboxylic acids is 1. The van der Waals surface area contributed by atoms with E-state index in [1.807, 2.05) is 6.07 Å². The van der Waals surface area contributed by atoms with Gasteiger partial charge in [0, 0.05) is 25.3 Å². The molecular formula is C19H18F2N2O3. The van der Waals surface area contributed by atoms with E-state index in [9.17, 15) is 13.6 Å². The van der Waals surface area contributed by atoms with Crippen molar-refractivity contribution in [1.82, 2.24) is 5.32 Å². The predicted octanol–water partition coefficient (Wildman–Crippen LogP) is 3.24. The molecule has 0 aliphatic heterocycles. The van der Waals surface area contributed by atoms with Gasteiger partial charge in [-0.3, -0.25) is 4.79 Å². The summed E-state index contributed by atoms with van der Waals surface area (Å²) in [5.74, 6) is -2.50. The normalized spacial score (nSPS) is 11.5. The second-order valence-corrected chi connectivity index (χ2v) is 5.37. The number of hydrogen-bond donors (Lipinski definition) is 1. The van der Waals surface area contributed by atoms with Crippen LogP contribution >= 0.6 is 0 Å². The summed E-state index contributed by atoms with van der Waals surface area (Å²) in [5.41, 5.74) is 0.767. The number of ether oxygens (including phenoxy) is 2. The van der Waals surface area contributed by atoms with Crippen LogP contribution in [0.1, 0.15) is 29.7 Å². The zero-order valence-electron chi connectivity index (χ0n) is 14.4. The molecule has 136 valence electrons. The molecule has 0 heterocycles. The number of nitrogens with zero attached hydrogens (tertiary/aromatic N) is 1. The van der Waals surface area contributed by atoms with Gasteiger partial charge in [0.1, 0.15) is 17.4 Å². The molecule has 0 unspecified atom stereocenters. The molecule has 0 bridgehead atoms. The van der Waals surface area contributed by atoms with E-state index in [1.54, 1.807) is 31.2 Å². The fourth-order valence-electron chi connectivity index (χ4n) is 2.37. The monoisotopic (exact) mass is 360 g/mol. The molecule has 0 aliphatic carbocycles. The van der Waals surface area contributed by atoms with Crippen molar-refractivity contribution >= 4 is 5.91 Å². The lowest BCUT2D eigenvalue weighted by molar-refractivity contribution is -0.133. The lowest BCUT2D eigenvalue weighted by Gasteiger charge is -2.19. The van der Waals surface area contributed by atoms with Gasteiger partial charge in [0.05, 0.1) is 24.3 Å². The number of hydrogen-bond acceptors (Lipinski definition) is 4. The predicted molar refractivity (Wildman–Crippen MR) is 90.3 cm³/mol. The van der Waals surface area contributed by atoms with Crippen molar-refractivity contribution in [2.45, 2.75) is 19.6 Å². The van der Waals surface area contributed by atoms with Crippen LogP contribution in [0.25, 0.3) is 0 Å². The van der Waals surface area contributed by atoms with Gasteiger partial charge in [0.15, 0.2) is 6.10 Å². The fraction of sp³-hybridized carbons (Fsp3) is 0.263. The molecule has 2 aromatic rings. The molecule has 0 radical (unpaired) electrons. The van der Waals surface area contributed by atoms with Crippen molar-refractivity contribution in [3.05, 3.63) is 64.7 Å². The molecule has 7 heteroatoms. The molecule has 1 atom stereocenters. The minimum atomic E-state index is -1.43. The molecular weight excluding hydrogens is 342 g/mol. The first-order valence-electron chi connectivity index (χ1n) is 7.91. The van der Waals surface area contributed by atoms with Crippen LogP contribution in [0.4, 0.5) is 8.78 Å². The molecule has 2 aromatic carbocycles. The van der Waals surface area contributed by atoms with Gasteiger partial charge >= 0.3 is 0 Å². The Morgan fingerprint density at radius 3 is 2.35 bits per heavy atom. The van der Waals surface area contributed by atoms with E-state index in [1.165, 1.54) is 7.11 Å². The van der Waals surface area contributed by atoms with Gasteiger partial charge in [-0.1, -0.05) is 12.1 Å². The maximum absolute atomic E-state index is 14.3. The van der Waals surface area contributed by atoms with E-state index >= 15 is 0 Å². The Balaban J connectivity index is 2.18. The summed E-state index contributed by atoms with van der Waals surface area (Å²) in [4.78, 5) is 12.4. The Hall–Kier alpha value is -2.98. The van der Waals surface area contributed by atoms with E-state index < -0.39 is 29.2 Å². The number of halogens is 2. The van der Waals surface area contributed by atoms with Crippen molar-refractivity contribution in [3.8, 4) is 11.8 Å². The maximum Gasteiger partial charge on any atom is 0.254 e. The van der Waals surface area contributed by atoms with E-state index in [0.29, 0.717) is 5.56 Å². The van der Waals surface area contributed by atoms with Crippen LogP contribution in [0.5, 0.6) is 5.75 Å². The number of benzene rings is 2. The van der Waals surface area contributed by atoms with Gasteiger partial charge in [0.2, 0.25) is 0 Å². The number of carbonyl (C=O) groups is 1. The first-order valence-corrected chi connectivity index (χ1v) is 7.91. The first kappa shape index (κ1) is 19.3. The zero-order valence-corrected chi connectivity index (χ0v) is 14.4. The average Bonchev–Trinajstić information content (AvgIpc) is 2.65. The minimum Gasteiger partial charge on any atom is -0.497 e. The molecule has 1 amide bonds. The summed E-state index contributed by atoms with van der Waals surface area (Å²) >= 11 is 0. The number of methoxy groups -OCH3 is 1. The molecule has 0 fully saturated rings. The Kier molecular flexibility index (Phi) is 6.64. The molecule has 26 heavy (non-hydrogen) atoms. The van der Waals surface area contributed by atoms with E-state index in [0.717, 1.165) is 17.7 Å². The van der Waals surface area contributed by atoms with Crippen LogP contribution in [0, 0.1) is 23.0 Å². The summed E-state index contributed by atoms with van der Waals surface area (Å²) in [7, 11) is 1.29. The second-order valence-electron chi connectivity index (χ2n) is 5.37. The van der Waals surface area contributed by atoms with Crippen LogP contribution in [-0.2, 0) is 16.1 Å². The highest BCUT2D eigenvalue weighted by Crippen LogP contribution is 2.28. The third-order valence-electron chi connectivity index (χ3n) is 3.67. The zero-order chi connectivity index (χ0) is 19.1. The summed E-state index contributed by atoms with van der Waals surface area (Å²) < 4.78 is 38.6. The standard InChI is InChI=1S/C19H18F2N2O3/c1-3-26-18(17-15(20)8-14(25-2)9-16(17)21)19(24)23-11-13-6-4-12(10-22)5-7-13/h4-9,18H,3,11H2,1-2H3,(H,23,24)/t18-/m0/s1. The summed E-state index contributed by atoms with van der Waals surface area (Å²) in [6, 6.07) is 10.6. The van der Waals surface area contributed by atoms with Crippen molar-refractivity contribution in [2.75, 3.05) is 13.7 Å². The number of amides is 1. The quantitative estimate of drug-likeness (QED) is 0.823. The number of rotatable bonds is 7. The van der Waals surface area contributed by atoms with E-state index in [2.05, 4.69) is 5.32 Å². The van der Waals surface area contributed by atoms with E-state index in [4.69, 9.17) is 14.7 Å². The Labute approximate surface area is 150 Å². The maximum atomic E-state index is 14.3. The molecule has 5 nitrogen and oxygen atoms in total. The van der Waals surface area contributed by atoms with Crippen LogP contribution in [-0.4, -0.2) is 19.6 Å². The lowest BCUT2D eigenvalue weighted by Crippen LogP contribution is -2.31. The number of nitriles is 1. The molecule has 0 saturated carbocycles. The van der Waals surface area contributed by atoms with Gasteiger partial charge in [-0.05, 0) is 24.6 Å². The summed E-state index contributed by atoms with van der Waals surface area (Å²) in [6.45, 7) is 1.85. The van der Waals surface area contributed by atoms with Crippen LogP contribution in [0.2, 0.25) is 0 Å². The molecule has 0 aliphatic rings. The van der Waals surface area contributed by atoms with E-state index in [-0.39, 0.29) is 18.9 Å². The van der Waals surface area contributed by atoms with Gasteiger partial charge in [-0.25, -0.2) is 8.78 Å². The largest absolute Gasteiger partial charge is 0.497 e. The topological polar surface area (TPSA) is 71.3 Å². The van der Waals surface area contributed by atoms with Crippen molar-refractivity contribution in [2.24, 2.45) is 0 Å². The van der Waals surface area contributed by atoms with Crippen LogP contribution < -0.4 is 10.1 Å². The highest BCUT2D eigenvalue weighted by atomic mass is 19.1. The fourth-order valence-corrected chi connectivity index (χ4v) is 2.37. The lowest BCUT2D eigenvalue weighted by atomic mass is 10.1. The van der Waals surface area contributed by atoms with Crippen molar-refractivity contribution < 1.29 is 23.0 Å². The van der Waals surface area contributed by atoms with Gasteiger partial charge in [-0.2, -0.15) is 5.26 Å². The molecule has 2 rings (SSSR count). The summed E-state index contributed by atoms with van der Waals surface area (Å²) in [6.07, 6.45) is -1.43. The highest BCUT2D eigenvalue weighted by molar-refractivity contribution is 5.82. The third-order valence-corrected chi connectivity index (χ3v) is 3.67. The van der Waals surface area contributed by atoms with Crippen LogP contribution in [0.3, 0.4) is 0 Å². The highest BCUT2D eigenvalue weighted by Gasteiger charge is 2.28. The number of nitrogens with one attached hydrogen (secondary N) is 1. The SMILES string of the molecule is CCO[C@H](C(=O)NCc1ccc(C#N)cc1)c1c(F)cc(OC)cc1F. The smallest absolute Gasteiger partial charge is 0.254 e.